The molecule has 0 N–H and O–H groups in total. The fourth-order valence-corrected chi connectivity index (χ4v) is 4.89. The van der Waals surface area contributed by atoms with Crippen molar-refractivity contribution in [2.75, 3.05) is 17.3 Å². The molecule has 0 aliphatic rings. The molecule has 1 aromatic carbocycles. The minimum absolute atomic E-state index is 1.12. The van der Waals surface area contributed by atoms with Crippen molar-refractivity contribution in [2.24, 2.45) is 0 Å². The summed E-state index contributed by atoms with van der Waals surface area (Å²) in [6.07, 6.45) is 8.43. The molecule has 0 fully saturated rings. The maximum absolute atomic E-state index is 3.56. The molecule has 0 aliphatic carbocycles. The van der Waals surface area contributed by atoms with Gasteiger partial charge in [-0.2, -0.15) is 11.8 Å². The maximum atomic E-state index is 3.56. The summed E-state index contributed by atoms with van der Waals surface area (Å²) in [5, 5.41) is 0. The van der Waals surface area contributed by atoms with Crippen LogP contribution in [0.1, 0.15) is 57.1 Å². The molecule has 1 aromatic rings. The Morgan fingerprint density at radius 3 is 2.30 bits per heavy atom. The average molecular weight is 417 g/mol. The highest BCUT2D eigenvalue weighted by Crippen LogP contribution is 2.27. The van der Waals surface area contributed by atoms with E-state index in [2.05, 4.69) is 92.8 Å². The molecule has 1 rings (SSSR count). The Morgan fingerprint density at radius 1 is 0.963 bits per heavy atom. The standard InChI is InChI=1S/C24H36S2Si/c1-6-8-10-11-12-24(26-20-19-25-18-9-7-2)23-15-13-22(14-16-23)17-21-27(3,4)5/h11,13-16H,6-10,18-20H2,1-5H3. The van der Waals surface area contributed by atoms with Crippen molar-refractivity contribution in [3.63, 3.8) is 0 Å². The van der Waals surface area contributed by atoms with E-state index in [0.29, 0.717) is 0 Å². The molecule has 0 spiro atoms. The minimum atomic E-state index is -1.32. The lowest BCUT2D eigenvalue weighted by atomic mass is 10.1. The van der Waals surface area contributed by atoms with E-state index in [1.54, 1.807) is 0 Å². The molecule has 0 bridgehead atoms. The predicted molar refractivity (Wildman–Crippen MR) is 132 cm³/mol. The molecule has 0 nitrogen and oxygen atoms in total. The van der Waals surface area contributed by atoms with Gasteiger partial charge >= 0.3 is 0 Å². The molecule has 0 radical (unpaired) electrons. The van der Waals surface area contributed by atoms with Gasteiger partial charge in [0, 0.05) is 17.1 Å². The van der Waals surface area contributed by atoms with Crippen molar-refractivity contribution in [2.45, 2.75) is 65.6 Å². The van der Waals surface area contributed by atoms with Crippen LogP contribution in [0.15, 0.2) is 36.1 Å². The van der Waals surface area contributed by atoms with E-state index in [9.17, 15) is 0 Å². The zero-order chi connectivity index (χ0) is 20.0. The van der Waals surface area contributed by atoms with Gasteiger partial charge in [-0.15, -0.1) is 23.0 Å². The Labute approximate surface area is 177 Å². The van der Waals surface area contributed by atoms with Crippen LogP contribution in [0.25, 0.3) is 4.91 Å². The quantitative estimate of drug-likeness (QED) is 0.156. The van der Waals surface area contributed by atoms with Crippen LogP contribution >= 0.6 is 23.5 Å². The van der Waals surface area contributed by atoms with E-state index in [4.69, 9.17) is 0 Å². The van der Waals surface area contributed by atoms with Crippen LogP contribution in [-0.2, 0) is 0 Å². The number of unbranched alkanes of at least 4 members (excludes halogenated alkanes) is 3. The van der Waals surface area contributed by atoms with Gasteiger partial charge in [0.15, 0.2) is 0 Å². The van der Waals surface area contributed by atoms with Crippen LogP contribution in [0, 0.1) is 11.5 Å². The van der Waals surface area contributed by atoms with E-state index >= 15 is 0 Å². The highest BCUT2D eigenvalue weighted by Gasteiger charge is 2.07. The summed E-state index contributed by atoms with van der Waals surface area (Å²) in [4.78, 5) is 1.27. The highest BCUT2D eigenvalue weighted by molar-refractivity contribution is 8.09. The molecule has 0 unspecified atom stereocenters. The summed E-state index contributed by atoms with van der Waals surface area (Å²) in [5.41, 5.74) is 9.40. The third-order valence-corrected chi connectivity index (χ3v) is 7.03. The number of hydrogen-bond donors (Lipinski definition) is 0. The van der Waals surface area contributed by atoms with Gasteiger partial charge in [-0.3, -0.25) is 0 Å². The lowest BCUT2D eigenvalue weighted by molar-refractivity contribution is 0.815. The van der Waals surface area contributed by atoms with Crippen LogP contribution in [0.3, 0.4) is 0 Å². The fourth-order valence-electron chi connectivity index (χ4n) is 2.20. The van der Waals surface area contributed by atoms with Crippen molar-refractivity contribution in [3.8, 4) is 11.5 Å². The normalized spacial score (nSPS) is 10.7. The third kappa shape index (κ3) is 12.3. The molecule has 0 heterocycles. The highest BCUT2D eigenvalue weighted by atomic mass is 32.2. The minimum Gasteiger partial charge on any atom is -0.161 e. The van der Waals surface area contributed by atoms with Gasteiger partial charge in [0.25, 0.3) is 0 Å². The van der Waals surface area contributed by atoms with Crippen molar-refractivity contribution >= 4 is 36.5 Å². The summed E-state index contributed by atoms with van der Waals surface area (Å²) in [7, 11) is -1.32. The molecule has 148 valence electrons. The summed E-state index contributed by atoms with van der Waals surface area (Å²) >= 11 is 4.01. The Kier molecular flexibility index (Phi) is 12.8. The molecule has 0 saturated carbocycles. The lowest BCUT2D eigenvalue weighted by Gasteiger charge is -2.06. The SMILES string of the molecule is CCCCC=C=C(SCCSCCCC)c1ccc(C#C[Si](C)(C)C)cc1. The molecule has 3 heteroatoms. The number of rotatable bonds is 11. The Hall–Kier alpha value is -0.783. The van der Waals surface area contributed by atoms with E-state index in [-0.39, 0.29) is 0 Å². The van der Waals surface area contributed by atoms with Crippen LogP contribution in [0.4, 0.5) is 0 Å². The van der Waals surface area contributed by atoms with Crippen LogP contribution in [-0.4, -0.2) is 25.3 Å². The maximum Gasteiger partial charge on any atom is 0.129 e. The van der Waals surface area contributed by atoms with Crippen LogP contribution in [0.5, 0.6) is 0 Å². The summed E-state index contributed by atoms with van der Waals surface area (Å²) < 4.78 is 0. The summed E-state index contributed by atoms with van der Waals surface area (Å²) in [6.45, 7) is 11.3. The number of allylic oxidation sites excluding steroid dienone is 1. The van der Waals surface area contributed by atoms with Gasteiger partial charge in [-0.1, -0.05) is 64.4 Å². The first kappa shape index (κ1) is 24.3. The Morgan fingerprint density at radius 2 is 1.67 bits per heavy atom. The second-order valence-electron chi connectivity index (χ2n) is 7.71. The fraction of sp³-hybridized carbons (Fsp3) is 0.542. The molecule has 27 heavy (non-hydrogen) atoms. The predicted octanol–water partition coefficient (Wildman–Crippen LogP) is 7.87. The zero-order valence-electron chi connectivity index (χ0n) is 17.9. The lowest BCUT2D eigenvalue weighted by Crippen LogP contribution is -2.16. The number of thioether (sulfide) groups is 2. The van der Waals surface area contributed by atoms with Crippen molar-refractivity contribution < 1.29 is 0 Å². The molecular weight excluding hydrogens is 380 g/mol. The first-order valence-corrected chi connectivity index (χ1v) is 15.9. The molecule has 0 aliphatic heterocycles. The first-order chi connectivity index (χ1) is 13.0. The van der Waals surface area contributed by atoms with Gasteiger partial charge in [0.05, 0.1) is 4.91 Å². The Bertz CT molecular complexity index is 650. The van der Waals surface area contributed by atoms with Crippen LogP contribution in [0.2, 0.25) is 19.6 Å². The second-order valence-corrected chi connectivity index (χ2v) is 14.8. The first-order valence-electron chi connectivity index (χ1n) is 10.3. The molecular formula is C24H36S2Si. The van der Waals surface area contributed by atoms with E-state index in [0.717, 1.165) is 17.7 Å². The molecule has 0 saturated heterocycles. The summed E-state index contributed by atoms with van der Waals surface area (Å²) in [6, 6.07) is 8.74. The largest absolute Gasteiger partial charge is 0.161 e. The monoisotopic (exact) mass is 416 g/mol. The van der Waals surface area contributed by atoms with E-state index < -0.39 is 8.07 Å². The van der Waals surface area contributed by atoms with Gasteiger partial charge in [-0.05, 0) is 48.8 Å². The topological polar surface area (TPSA) is 0 Å². The van der Waals surface area contributed by atoms with Gasteiger partial charge < -0.3 is 0 Å². The molecule has 0 amide bonds. The summed E-state index contributed by atoms with van der Waals surface area (Å²) in [5.74, 6) is 6.99. The second kappa shape index (κ2) is 14.2. The number of hydrogen-bond acceptors (Lipinski definition) is 2. The van der Waals surface area contributed by atoms with Crippen molar-refractivity contribution in [1.82, 2.24) is 0 Å². The third-order valence-electron chi connectivity index (χ3n) is 3.78. The van der Waals surface area contributed by atoms with E-state index in [1.807, 2.05) is 11.8 Å². The number of benzene rings is 1. The van der Waals surface area contributed by atoms with Crippen molar-refractivity contribution in [3.05, 3.63) is 47.2 Å². The van der Waals surface area contributed by atoms with Gasteiger partial charge in [0.1, 0.15) is 8.07 Å². The van der Waals surface area contributed by atoms with Crippen molar-refractivity contribution in [1.29, 1.82) is 0 Å². The van der Waals surface area contributed by atoms with Gasteiger partial charge in [0.2, 0.25) is 0 Å². The Balaban J connectivity index is 2.79. The van der Waals surface area contributed by atoms with E-state index in [1.165, 1.54) is 47.7 Å². The molecule has 0 aromatic heterocycles. The zero-order valence-corrected chi connectivity index (χ0v) is 20.5. The molecule has 0 atom stereocenters. The smallest absolute Gasteiger partial charge is 0.129 e. The van der Waals surface area contributed by atoms with Gasteiger partial charge in [-0.25, -0.2) is 0 Å². The average Bonchev–Trinajstić information content (AvgIpc) is 2.64. The van der Waals surface area contributed by atoms with Crippen LogP contribution < -0.4 is 0 Å².